The largest absolute Gasteiger partial charge is 0.462 e. The lowest BCUT2D eigenvalue weighted by atomic mass is 9.68. The summed E-state index contributed by atoms with van der Waals surface area (Å²) in [6.07, 6.45) is 22.4. The number of hydrogen-bond acceptors (Lipinski definition) is 2. The SMILES string of the molecule is CCCCC1CCC(C2CCC(C(=O)OC3CCC(CCC)CC3)CC2)CC1. The highest BCUT2D eigenvalue weighted by Gasteiger charge is 2.34. The lowest BCUT2D eigenvalue weighted by Crippen LogP contribution is -2.32. The van der Waals surface area contributed by atoms with Crippen LogP contribution in [0.25, 0.3) is 0 Å². The van der Waals surface area contributed by atoms with Gasteiger partial charge in [0.2, 0.25) is 0 Å². The molecule has 0 atom stereocenters. The molecule has 0 radical (unpaired) electrons. The van der Waals surface area contributed by atoms with E-state index in [4.69, 9.17) is 4.74 Å². The average Bonchev–Trinajstić information content (AvgIpc) is 2.74. The molecule has 0 N–H and O–H groups in total. The summed E-state index contributed by atoms with van der Waals surface area (Å²) in [4.78, 5) is 12.7. The third-order valence-electron chi connectivity index (χ3n) is 8.40. The lowest BCUT2D eigenvalue weighted by Gasteiger charge is -2.38. The minimum atomic E-state index is 0.140. The van der Waals surface area contributed by atoms with Crippen molar-refractivity contribution in [2.45, 2.75) is 129 Å². The Bertz CT molecular complexity index is 435. The van der Waals surface area contributed by atoms with Crippen molar-refractivity contribution in [2.75, 3.05) is 0 Å². The summed E-state index contributed by atoms with van der Waals surface area (Å²) in [5, 5.41) is 0. The van der Waals surface area contributed by atoms with Crippen LogP contribution in [0.2, 0.25) is 0 Å². The molecule has 3 fully saturated rings. The molecule has 0 aromatic rings. The summed E-state index contributed by atoms with van der Waals surface area (Å²) < 4.78 is 5.95. The van der Waals surface area contributed by atoms with Crippen LogP contribution in [0.4, 0.5) is 0 Å². The van der Waals surface area contributed by atoms with E-state index >= 15 is 0 Å². The van der Waals surface area contributed by atoms with Gasteiger partial charge in [0, 0.05) is 0 Å². The number of esters is 1. The van der Waals surface area contributed by atoms with Crippen LogP contribution in [-0.2, 0) is 9.53 Å². The van der Waals surface area contributed by atoms with Crippen LogP contribution in [0.1, 0.15) is 123 Å². The molecular weight excluding hydrogens is 344 g/mol. The van der Waals surface area contributed by atoms with Gasteiger partial charge in [0.15, 0.2) is 0 Å². The van der Waals surface area contributed by atoms with E-state index in [0.717, 1.165) is 49.4 Å². The molecule has 0 aromatic heterocycles. The van der Waals surface area contributed by atoms with Crippen molar-refractivity contribution >= 4 is 5.97 Å². The van der Waals surface area contributed by atoms with Crippen LogP contribution >= 0.6 is 0 Å². The van der Waals surface area contributed by atoms with Gasteiger partial charge in [-0.1, -0.05) is 58.8 Å². The van der Waals surface area contributed by atoms with E-state index < -0.39 is 0 Å². The van der Waals surface area contributed by atoms with Gasteiger partial charge in [-0.15, -0.1) is 0 Å². The van der Waals surface area contributed by atoms with Crippen molar-refractivity contribution < 1.29 is 9.53 Å². The quantitative estimate of drug-likeness (QED) is 0.397. The topological polar surface area (TPSA) is 26.3 Å². The van der Waals surface area contributed by atoms with Crippen molar-refractivity contribution in [2.24, 2.45) is 29.6 Å². The maximum absolute atomic E-state index is 12.7. The third-order valence-corrected chi connectivity index (χ3v) is 8.40. The third kappa shape index (κ3) is 6.49. The molecule has 0 amide bonds. The molecule has 0 aliphatic heterocycles. The highest BCUT2D eigenvalue weighted by molar-refractivity contribution is 5.72. The fourth-order valence-electron chi connectivity index (χ4n) is 6.47. The molecule has 3 aliphatic carbocycles. The minimum Gasteiger partial charge on any atom is -0.462 e. The van der Waals surface area contributed by atoms with Gasteiger partial charge in [-0.2, -0.15) is 0 Å². The summed E-state index contributed by atoms with van der Waals surface area (Å²) in [6.45, 7) is 4.59. The van der Waals surface area contributed by atoms with Gasteiger partial charge >= 0.3 is 5.97 Å². The number of carbonyl (C=O) groups is 1. The van der Waals surface area contributed by atoms with Gasteiger partial charge in [0.05, 0.1) is 5.92 Å². The first-order chi connectivity index (χ1) is 13.7. The first kappa shape index (κ1) is 22.2. The molecule has 0 heterocycles. The monoisotopic (exact) mass is 390 g/mol. The van der Waals surface area contributed by atoms with Crippen LogP contribution in [0.3, 0.4) is 0 Å². The van der Waals surface area contributed by atoms with E-state index in [9.17, 15) is 4.79 Å². The molecule has 162 valence electrons. The van der Waals surface area contributed by atoms with Crippen LogP contribution in [-0.4, -0.2) is 12.1 Å². The molecule has 2 nitrogen and oxygen atoms in total. The summed E-state index contributed by atoms with van der Waals surface area (Å²) in [5.41, 5.74) is 0. The second kappa shape index (κ2) is 11.6. The number of rotatable bonds is 8. The first-order valence-corrected chi connectivity index (χ1v) is 12.9. The predicted molar refractivity (Wildman–Crippen MR) is 117 cm³/mol. The molecule has 3 saturated carbocycles. The van der Waals surface area contributed by atoms with E-state index in [1.54, 1.807) is 0 Å². The normalized spacial score (nSPS) is 36.8. The van der Waals surface area contributed by atoms with Crippen molar-refractivity contribution in [1.29, 1.82) is 0 Å². The number of unbranched alkanes of at least 4 members (excludes halogenated alkanes) is 1. The molecule has 0 saturated heterocycles. The van der Waals surface area contributed by atoms with Crippen LogP contribution in [0.15, 0.2) is 0 Å². The fraction of sp³-hybridized carbons (Fsp3) is 0.962. The second-order valence-electron chi connectivity index (χ2n) is 10.4. The van der Waals surface area contributed by atoms with Crippen molar-refractivity contribution in [3.8, 4) is 0 Å². The average molecular weight is 391 g/mol. The van der Waals surface area contributed by atoms with Crippen LogP contribution in [0.5, 0.6) is 0 Å². The van der Waals surface area contributed by atoms with E-state index in [0.29, 0.717) is 0 Å². The number of hydrogen-bond donors (Lipinski definition) is 0. The van der Waals surface area contributed by atoms with E-state index in [1.807, 2.05) is 0 Å². The van der Waals surface area contributed by atoms with E-state index in [2.05, 4.69) is 13.8 Å². The van der Waals surface area contributed by atoms with Gasteiger partial charge in [0.25, 0.3) is 0 Å². The molecule has 3 rings (SSSR count). The zero-order chi connectivity index (χ0) is 19.8. The molecule has 28 heavy (non-hydrogen) atoms. The Morgan fingerprint density at radius 3 is 1.79 bits per heavy atom. The molecule has 0 bridgehead atoms. The van der Waals surface area contributed by atoms with Crippen molar-refractivity contribution in [3.63, 3.8) is 0 Å². The van der Waals surface area contributed by atoms with E-state index in [-0.39, 0.29) is 18.0 Å². The summed E-state index contributed by atoms with van der Waals surface area (Å²) in [7, 11) is 0. The van der Waals surface area contributed by atoms with Crippen LogP contribution in [0, 0.1) is 29.6 Å². The van der Waals surface area contributed by atoms with Gasteiger partial charge in [-0.25, -0.2) is 0 Å². The summed E-state index contributed by atoms with van der Waals surface area (Å²) in [6, 6.07) is 0. The van der Waals surface area contributed by atoms with Gasteiger partial charge in [-0.05, 0) is 87.9 Å². The molecule has 0 unspecified atom stereocenters. The molecule has 0 aromatic carbocycles. The van der Waals surface area contributed by atoms with Crippen molar-refractivity contribution in [3.05, 3.63) is 0 Å². The van der Waals surface area contributed by atoms with Gasteiger partial charge < -0.3 is 4.74 Å². The molecular formula is C26H46O2. The highest BCUT2D eigenvalue weighted by atomic mass is 16.5. The van der Waals surface area contributed by atoms with E-state index in [1.165, 1.54) is 83.5 Å². The van der Waals surface area contributed by atoms with Crippen LogP contribution < -0.4 is 0 Å². The highest BCUT2D eigenvalue weighted by Crippen LogP contribution is 2.42. The van der Waals surface area contributed by atoms with Gasteiger partial charge in [-0.3, -0.25) is 4.79 Å². The Balaban J connectivity index is 1.32. The van der Waals surface area contributed by atoms with Crippen molar-refractivity contribution in [1.82, 2.24) is 0 Å². The zero-order valence-electron chi connectivity index (χ0n) is 18.8. The Labute approximate surface area is 174 Å². The Hall–Kier alpha value is -0.530. The first-order valence-electron chi connectivity index (χ1n) is 12.9. The Kier molecular flexibility index (Phi) is 9.18. The van der Waals surface area contributed by atoms with Gasteiger partial charge in [0.1, 0.15) is 6.10 Å². The summed E-state index contributed by atoms with van der Waals surface area (Å²) in [5.74, 6) is 4.07. The lowest BCUT2D eigenvalue weighted by molar-refractivity contribution is -0.157. The number of carbonyl (C=O) groups excluding carboxylic acids is 1. The Morgan fingerprint density at radius 2 is 1.21 bits per heavy atom. The molecule has 0 spiro atoms. The second-order valence-corrected chi connectivity index (χ2v) is 10.4. The maximum Gasteiger partial charge on any atom is 0.309 e. The fourth-order valence-corrected chi connectivity index (χ4v) is 6.47. The smallest absolute Gasteiger partial charge is 0.309 e. The molecule has 2 heteroatoms. The minimum absolute atomic E-state index is 0.140. The summed E-state index contributed by atoms with van der Waals surface area (Å²) >= 11 is 0. The predicted octanol–water partition coefficient (Wildman–Crippen LogP) is 7.69. The standard InChI is InChI=1S/C26H46O2/c1-3-5-7-21-8-12-22(13-9-21)23-14-16-24(17-15-23)26(27)28-25-18-10-20(6-4-2)11-19-25/h20-25H,3-19H2,1-2H3. The Morgan fingerprint density at radius 1 is 0.679 bits per heavy atom. The zero-order valence-corrected chi connectivity index (χ0v) is 18.8. The maximum atomic E-state index is 12.7. The number of ether oxygens (including phenoxy) is 1. The molecule has 3 aliphatic rings.